The van der Waals surface area contributed by atoms with Gasteiger partial charge in [-0.2, -0.15) is 0 Å². The highest BCUT2D eigenvalue weighted by molar-refractivity contribution is 5.92. The number of fused-ring (bicyclic) bond motifs is 1. The average molecular weight is 190 g/mol. The molecule has 0 saturated carbocycles. The van der Waals surface area contributed by atoms with Crippen molar-refractivity contribution in [1.82, 2.24) is 0 Å². The van der Waals surface area contributed by atoms with Crippen molar-refractivity contribution in [3.05, 3.63) is 54.4 Å². The summed E-state index contributed by atoms with van der Waals surface area (Å²) in [5, 5.41) is 1.63. The molecule has 2 aromatic carbocycles. The maximum absolute atomic E-state index is 13.1. The second kappa shape index (κ2) is 3.58. The molecule has 0 spiro atoms. The van der Waals surface area contributed by atoms with Crippen LogP contribution in [0.2, 0.25) is 0 Å². The van der Waals surface area contributed by atoms with Crippen molar-refractivity contribution in [3.8, 4) is 0 Å². The van der Waals surface area contributed by atoms with E-state index in [0.29, 0.717) is 5.56 Å². The minimum absolute atomic E-state index is 0.0121. The Bertz CT molecular complexity index is 481. The minimum atomic E-state index is -0.832. The second-order valence-corrected chi connectivity index (χ2v) is 2.98. The number of halogens is 2. The monoisotopic (exact) mass is 190 g/mol. The van der Waals surface area contributed by atoms with E-state index in [1.807, 2.05) is 18.2 Å². The minimum Gasteiger partial charge on any atom is -0.212 e. The Kier molecular flexibility index (Phi) is 2.27. The zero-order valence-corrected chi connectivity index (χ0v) is 7.37. The predicted molar refractivity (Wildman–Crippen MR) is 54.1 cm³/mol. The molecule has 0 heterocycles. The van der Waals surface area contributed by atoms with Crippen LogP contribution in [-0.4, -0.2) is 0 Å². The first-order valence-corrected chi connectivity index (χ1v) is 4.27. The molecule has 14 heavy (non-hydrogen) atoms. The lowest BCUT2D eigenvalue weighted by Crippen LogP contribution is -1.80. The molecular formula is C12H8F2. The van der Waals surface area contributed by atoms with Crippen LogP contribution in [0.5, 0.6) is 0 Å². The van der Waals surface area contributed by atoms with Gasteiger partial charge in [-0.3, -0.25) is 0 Å². The Labute approximate surface area is 80.5 Å². The van der Waals surface area contributed by atoms with E-state index in [1.54, 1.807) is 24.3 Å². The summed E-state index contributed by atoms with van der Waals surface area (Å²) >= 11 is 0. The van der Waals surface area contributed by atoms with Crippen LogP contribution in [0.25, 0.3) is 16.6 Å². The van der Waals surface area contributed by atoms with E-state index >= 15 is 0 Å². The van der Waals surface area contributed by atoms with Crippen molar-refractivity contribution < 1.29 is 8.78 Å². The number of rotatable bonds is 1. The van der Waals surface area contributed by atoms with Gasteiger partial charge in [-0.25, -0.2) is 8.78 Å². The molecule has 0 aromatic heterocycles. The summed E-state index contributed by atoms with van der Waals surface area (Å²) < 4.78 is 25.1. The largest absolute Gasteiger partial charge is 0.212 e. The molecule has 0 unspecified atom stereocenters. The van der Waals surface area contributed by atoms with E-state index in [2.05, 4.69) is 0 Å². The third kappa shape index (κ3) is 1.39. The Morgan fingerprint density at radius 2 is 1.71 bits per heavy atom. The Balaban J connectivity index is 2.77. The average Bonchev–Trinajstić information content (AvgIpc) is 2.27. The molecule has 0 saturated heterocycles. The first-order chi connectivity index (χ1) is 6.83. The quantitative estimate of drug-likeness (QED) is 0.635. The molecule has 0 radical (unpaired) electrons. The van der Waals surface area contributed by atoms with Gasteiger partial charge in [-0.1, -0.05) is 42.5 Å². The molecule has 0 aliphatic heterocycles. The third-order valence-corrected chi connectivity index (χ3v) is 2.14. The molecule has 0 nitrogen and oxygen atoms in total. The Morgan fingerprint density at radius 3 is 2.50 bits per heavy atom. The summed E-state index contributed by atoms with van der Waals surface area (Å²) in [4.78, 5) is 0. The molecule has 0 bridgehead atoms. The normalized spacial score (nSPS) is 12.0. The summed E-state index contributed by atoms with van der Waals surface area (Å²) in [7, 11) is 0. The fourth-order valence-corrected chi connectivity index (χ4v) is 1.49. The van der Waals surface area contributed by atoms with E-state index in [4.69, 9.17) is 0 Å². The molecule has 2 rings (SSSR count). The molecule has 0 atom stereocenters. The SMILES string of the molecule is F/C=C(\F)c1cccc2ccccc12. The summed E-state index contributed by atoms with van der Waals surface area (Å²) in [6.07, 6.45) is -0.0121. The lowest BCUT2D eigenvalue weighted by atomic mass is 10.0. The van der Waals surface area contributed by atoms with Crippen LogP contribution in [0, 0.1) is 0 Å². The van der Waals surface area contributed by atoms with Gasteiger partial charge in [0.1, 0.15) is 6.33 Å². The highest BCUT2D eigenvalue weighted by Gasteiger charge is 2.04. The van der Waals surface area contributed by atoms with Gasteiger partial charge in [0.25, 0.3) is 0 Å². The van der Waals surface area contributed by atoms with Gasteiger partial charge in [0, 0.05) is 5.56 Å². The highest BCUT2D eigenvalue weighted by atomic mass is 19.2. The van der Waals surface area contributed by atoms with E-state index < -0.39 is 5.83 Å². The highest BCUT2D eigenvalue weighted by Crippen LogP contribution is 2.25. The van der Waals surface area contributed by atoms with Crippen LogP contribution in [0.15, 0.2) is 48.8 Å². The van der Waals surface area contributed by atoms with Gasteiger partial charge in [0.05, 0.1) is 0 Å². The topological polar surface area (TPSA) is 0 Å². The van der Waals surface area contributed by atoms with E-state index in [1.165, 1.54) is 0 Å². The van der Waals surface area contributed by atoms with Crippen molar-refractivity contribution in [3.63, 3.8) is 0 Å². The van der Waals surface area contributed by atoms with Crippen molar-refractivity contribution in [2.75, 3.05) is 0 Å². The maximum atomic E-state index is 13.1. The van der Waals surface area contributed by atoms with Gasteiger partial charge in [0.15, 0.2) is 5.83 Å². The first kappa shape index (κ1) is 8.88. The molecular weight excluding hydrogens is 182 g/mol. The van der Waals surface area contributed by atoms with Crippen LogP contribution < -0.4 is 0 Å². The summed E-state index contributed by atoms with van der Waals surface area (Å²) in [6, 6.07) is 12.4. The second-order valence-electron chi connectivity index (χ2n) is 2.98. The Hall–Kier alpha value is -1.70. The van der Waals surface area contributed by atoms with Crippen molar-refractivity contribution in [2.24, 2.45) is 0 Å². The van der Waals surface area contributed by atoms with Crippen LogP contribution in [-0.2, 0) is 0 Å². The molecule has 2 heteroatoms. The van der Waals surface area contributed by atoms with Gasteiger partial charge < -0.3 is 0 Å². The fourth-order valence-electron chi connectivity index (χ4n) is 1.49. The third-order valence-electron chi connectivity index (χ3n) is 2.14. The summed E-state index contributed by atoms with van der Waals surface area (Å²) in [5.74, 6) is -0.832. The van der Waals surface area contributed by atoms with E-state index in [-0.39, 0.29) is 6.33 Å². The molecule has 2 aromatic rings. The molecule has 0 N–H and O–H groups in total. The summed E-state index contributed by atoms with van der Waals surface area (Å²) in [5.41, 5.74) is 0.297. The lowest BCUT2D eigenvalue weighted by molar-refractivity contribution is 0.672. The van der Waals surface area contributed by atoms with Crippen molar-refractivity contribution >= 4 is 16.6 Å². The summed E-state index contributed by atoms with van der Waals surface area (Å²) in [6.45, 7) is 0. The van der Waals surface area contributed by atoms with Crippen molar-refractivity contribution in [2.45, 2.75) is 0 Å². The van der Waals surface area contributed by atoms with Crippen LogP contribution >= 0.6 is 0 Å². The number of benzene rings is 2. The van der Waals surface area contributed by atoms with E-state index in [0.717, 1.165) is 10.8 Å². The maximum Gasteiger partial charge on any atom is 0.159 e. The molecule has 0 aliphatic carbocycles. The van der Waals surface area contributed by atoms with Gasteiger partial charge in [-0.15, -0.1) is 0 Å². The molecule has 70 valence electrons. The fraction of sp³-hybridized carbons (Fsp3) is 0. The number of hydrogen-bond donors (Lipinski definition) is 0. The van der Waals surface area contributed by atoms with Gasteiger partial charge in [0.2, 0.25) is 0 Å². The van der Waals surface area contributed by atoms with Crippen LogP contribution in [0.3, 0.4) is 0 Å². The zero-order valence-electron chi connectivity index (χ0n) is 7.37. The van der Waals surface area contributed by atoms with E-state index in [9.17, 15) is 8.78 Å². The standard InChI is InChI=1S/C12H8F2/c13-8-12(14)11-7-3-5-9-4-1-2-6-10(9)11/h1-8H/b12-8-. The number of hydrogen-bond acceptors (Lipinski definition) is 0. The molecule has 0 amide bonds. The van der Waals surface area contributed by atoms with Crippen LogP contribution in [0.1, 0.15) is 5.56 Å². The zero-order chi connectivity index (χ0) is 9.97. The smallest absolute Gasteiger partial charge is 0.159 e. The Morgan fingerprint density at radius 1 is 1.00 bits per heavy atom. The molecule has 0 aliphatic rings. The van der Waals surface area contributed by atoms with Gasteiger partial charge >= 0.3 is 0 Å². The molecule has 0 fully saturated rings. The van der Waals surface area contributed by atoms with Gasteiger partial charge in [-0.05, 0) is 10.8 Å². The van der Waals surface area contributed by atoms with Crippen molar-refractivity contribution in [1.29, 1.82) is 0 Å². The lowest BCUT2D eigenvalue weighted by Gasteiger charge is -2.02. The first-order valence-electron chi connectivity index (χ1n) is 4.27. The van der Waals surface area contributed by atoms with Crippen LogP contribution in [0.4, 0.5) is 8.78 Å². The predicted octanol–water partition coefficient (Wildman–Crippen LogP) is 4.08.